The number of hydrogen-bond acceptors (Lipinski definition) is 4. The average Bonchev–Trinajstić information content (AvgIpc) is 2.81. The van der Waals surface area contributed by atoms with E-state index in [1.807, 2.05) is 20.8 Å². The van der Waals surface area contributed by atoms with Crippen molar-refractivity contribution in [2.24, 2.45) is 11.1 Å². The molecule has 0 radical (unpaired) electrons. The molecule has 0 aliphatic heterocycles. The number of furan rings is 1. The van der Waals surface area contributed by atoms with Gasteiger partial charge in [0.25, 0.3) is 5.91 Å². The predicted molar refractivity (Wildman–Crippen MR) is 78.6 cm³/mol. The molecule has 0 unspecified atom stereocenters. The lowest BCUT2D eigenvalue weighted by atomic mass is 9.96. The molecule has 1 aromatic heterocycles. The monoisotopic (exact) mass is 303 g/mol. The van der Waals surface area contributed by atoms with Gasteiger partial charge in [0.1, 0.15) is 12.0 Å². The standard InChI is InChI=1S/C13H21N3O3.ClH/c1-13(2,3)12(18)16-5-4-15-11(17)9-6-10(7-14)19-8-9;/h6,8H,4-5,7,14H2,1-3H3,(H,15,17)(H,16,18);1H. The zero-order chi connectivity index (χ0) is 14.5. The molecule has 0 spiro atoms. The molecule has 1 rings (SSSR count). The number of nitrogens with two attached hydrogens (primary N) is 1. The van der Waals surface area contributed by atoms with E-state index in [0.717, 1.165) is 0 Å². The normalized spacial score (nSPS) is 10.6. The number of halogens is 1. The van der Waals surface area contributed by atoms with Crippen LogP contribution in [0.25, 0.3) is 0 Å². The minimum atomic E-state index is -0.426. The quantitative estimate of drug-likeness (QED) is 0.708. The van der Waals surface area contributed by atoms with Crippen LogP contribution >= 0.6 is 12.4 Å². The number of hydrogen-bond donors (Lipinski definition) is 3. The highest BCUT2D eigenvalue weighted by molar-refractivity contribution is 5.94. The van der Waals surface area contributed by atoms with Crippen molar-refractivity contribution in [3.05, 3.63) is 23.7 Å². The fourth-order valence-electron chi connectivity index (χ4n) is 1.33. The minimum absolute atomic E-state index is 0. The highest BCUT2D eigenvalue weighted by Crippen LogP contribution is 2.11. The first-order valence-corrected chi connectivity index (χ1v) is 6.18. The van der Waals surface area contributed by atoms with Crippen molar-refractivity contribution in [2.75, 3.05) is 13.1 Å². The molecule has 2 amide bonds. The Kier molecular flexibility index (Phi) is 7.31. The van der Waals surface area contributed by atoms with Crippen molar-refractivity contribution in [3.63, 3.8) is 0 Å². The van der Waals surface area contributed by atoms with E-state index in [4.69, 9.17) is 10.2 Å². The Morgan fingerprint density at radius 1 is 1.25 bits per heavy atom. The second-order valence-corrected chi connectivity index (χ2v) is 5.27. The third-order valence-electron chi connectivity index (χ3n) is 2.49. The molecule has 6 nitrogen and oxygen atoms in total. The van der Waals surface area contributed by atoms with Gasteiger partial charge in [-0.2, -0.15) is 0 Å². The molecule has 0 bridgehead atoms. The maximum Gasteiger partial charge on any atom is 0.254 e. The number of carbonyl (C=O) groups excluding carboxylic acids is 2. The van der Waals surface area contributed by atoms with Crippen molar-refractivity contribution in [1.82, 2.24) is 10.6 Å². The smallest absolute Gasteiger partial charge is 0.254 e. The lowest BCUT2D eigenvalue weighted by molar-refractivity contribution is -0.128. The van der Waals surface area contributed by atoms with Gasteiger partial charge in [0.05, 0.1) is 12.1 Å². The van der Waals surface area contributed by atoms with E-state index in [9.17, 15) is 9.59 Å². The van der Waals surface area contributed by atoms with Gasteiger partial charge in [-0.3, -0.25) is 9.59 Å². The second kappa shape index (κ2) is 7.91. The summed E-state index contributed by atoms with van der Waals surface area (Å²) in [7, 11) is 0. The summed E-state index contributed by atoms with van der Waals surface area (Å²) in [6.07, 6.45) is 1.37. The first kappa shape index (κ1) is 18.5. The number of carbonyl (C=O) groups is 2. The summed E-state index contributed by atoms with van der Waals surface area (Å²) < 4.78 is 5.07. The Morgan fingerprint density at radius 3 is 2.35 bits per heavy atom. The van der Waals surface area contributed by atoms with Crippen LogP contribution in [0, 0.1) is 5.41 Å². The third kappa shape index (κ3) is 5.63. The van der Waals surface area contributed by atoms with Crippen molar-refractivity contribution in [2.45, 2.75) is 27.3 Å². The molecular formula is C13H22ClN3O3. The SMILES string of the molecule is CC(C)(C)C(=O)NCCNC(=O)c1coc(CN)c1.Cl. The van der Waals surface area contributed by atoms with Crippen molar-refractivity contribution in [3.8, 4) is 0 Å². The van der Waals surface area contributed by atoms with Gasteiger partial charge in [0.15, 0.2) is 0 Å². The van der Waals surface area contributed by atoms with Crippen LogP contribution in [0.5, 0.6) is 0 Å². The van der Waals surface area contributed by atoms with Gasteiger partial charge < -0.3 is 20.8 Å². The lowest BCUT2D eigenvalue weighted by Crippen LogP contribution is -2.39. The van der Waals surface area contributed by atoms with E-state index in [0.29, 0.717) is 24.4 Å². The molecule has 0 saturated heterocycles. The Bertz CT molecular complexity index is 452. The summed E-state index contributed by atoms with van der Waals surface area (Å²) in [6, 6.07) is 1.60. The van der Waals surface area contributed by atoms with E-state index in [1.165, 1.54) is 6.26 Å². The first-order chi connectivity index (χ1) is 8.84. The Hall–Kier alpha value is -1.53. The van der Waals surface area contributed by atoms with Crippen LogP contribution < -0.4 is 16.4 Å². The number of amides is 2. The maximum absolute atomic E-state index is 11.7. The minimum Gasteiger partial charge on any atom is -0.467 e. The van der Waals surface area contributed by atoms with Crippen LogP contribution in [-0.2, 0) is 11.3 Å². The van der Waals surface area contributed by atoms with Crippen LogP contribution in [0.1, 0.15) is 36.9 Å². The number of rotatable bonds is 5. The van der Waals surface area contributed by atoms with E-state index in [-0.39, 0.29) is 30.8 Å². The van der Waals surface area contributed by atoms with Gasteiger partial charge in [0, 0.05) is 18.5 Å². The summed E-state index contributed by atoms with van der Waals surface area (Å²) in [4.78, 5) is 23.3. The van der Waals surface area contributed by atoms with E-state index < -0.39 is 5.41 Å². The summed E-state index contributed by atoms with van der Waals surface area (Å²) >= 11 is 0. The molecule has 0 aliphatic carbocycles. The fourth-order valence-corrected chi connectivity index (χ4v) is 1.33. The van der Waals surface area contributed by atoms with Crippen LogP contribution in [0.4, 0.5) is 0 Å². The first-order valence-electron chi connectivity index (χ1n) is 6.18. The van der Waals surface area contributed by atoms with E-state index in [2.05, 4.69) is 10.6 Å². The molecule has 0 saturated carbocycles. The van der Waals surface area contributed by atoms with Crippen LogP contribution in [-0.4, -0.2) is 24.9 Å². The third-order valence-corrected chi connectivity index (χ3v) is 2.49. The topological polar surface area (TPSA) is 97.4 Å². The fraction of sp³-hybridized carbons (Fsp3) is 0.538. The Labute approximate surface area is 124 Å². The molecule has 7 heteroatoms. The molecule has 0 aliphatic rings. The van der Waals surface area contributed by atoms with Crippen LogP contribution in [0.3, 0.4) is 0 Å². The molecule has 1 aromatic rings. The second-order valence-electron chi connectivity index (χ2n) is 5.27. The Morgan fingerprint density at radius 2 is 1.85 bits per heavy atom. The lowest BCUT2D eigenvalue weighted by Gasteiger charge is -2.17. The van der Waals surface area contributed by atoms with Crippen molar-refractivity contribution >= 4 is 24.2 Å². The molecule has 114 valence electrons. The molecule has 4 N–H and O–H groups in total. The highest BCUT2D eigenvalue weighted by Gasteiger charge is 2.20. The highest BCUT2D eigenvalue weighted by atomic mass is 35.5. The van der Waals surface area contributed by atoms with Gasteiger partial charge >= 0.3 is 0 Å². The average molecular weight is 304 g/mol. The largest absolute Gasteiger partial charge is 0.467 e. The molecule has 0 aromatic carbocycles. The van der Waals surface area contributed by atoms with Crippen molar-refractivity contribution < 1.29 is 14.0 Å². The predicted octanol–water partition coefficient (Wildman–Crippen LogP) is 1.05. The summed E-state index contributed by atoms with van der Waals surface area (Å²) in [5, 5.41) is 5.44. The zero-order valence-electron chi connectivity index (χ0n) is 12.0. The van der Waals surface area contributed by atoms with Crippen molar-refractivity contribution in [1.29, 1.82) is 0 Å². The summed E-state index contributed by atoms with van der Waals surface area (Å²) in [6.45, 7) is 6.52. The van der Waals surface area contributed by atoms with E-state index in [1.54, 1.807) is 6.07 Å². The van der Waals surface area contributed by atoms with Gasteiger partial charge in [-0.25, -0.2) is 0 Å². The molecule has 0 fully saturated rings. The van der Waals surface area contributed by atoms with Gasteiger partial charge in [-0.15, -0.1) is 12.4 Å². The summed E-state index contributed by atoms with van der Waals surface area (Å²) in [5.74, 6) is 0.273. The van der Waals surface area contributed by atoms with E-state index >= 15 is 0 Å². The molecule has 0 atom stereocenters. The number of nitrogens with one attached hydrogen (secondary N) is 2. The molecule has 1 heterocycles. The summed E-state index contributed by atoms with van der Waals surface area (Å²) in [5.41, 5.74) is 5.39. The maximum atomic E-state index is 11.7. The molecular weight excluding hydrogens is 282 g/mol. The van der Waals surface area contributed by atoms with Gasteiger partial charge in [-0.05, 0) is 6.07 Å². The Balaban J connectivity index is 0.00000361. The van der Waals surface area contributed by atoms with Gasteiger partial charge in [0.2, 0.25) is 5.91 Å². The van der Waals surface area contributed by atoms with Crippen LogP contribution in [0.2, 0.25) is 0 Å². The van der Waals surface area contributed by atoms with Crippen LogP contribution in [0.15, 0.2) is 16.7 Å². The van der Waals surface area contributed by atoms with Gasteiger partial charge in [-0.1, -0.05) is 20.8 Å². The zero-order valence-corrected chi connectivity index (χ0v) is 12.8. The molecule has 20 heavy (non-hydrogen) atoms.